The Kier molecular flexibility index (Phi) is 4.45. The van der Waals surface area contributed by atoms with Crippen LogP contribution in [0.4, 0.5) is 5.69 Å². The van der Waals surface area contributed by atoms with Crippen LogP contribution >= 0.6 is 11.8 Å². The van der Waals surface area contributed by atoms with Crippen LogP contribution in [0.25, 0.3) is 10.9 Å². The first-order chi connectivity index (χ1) is 11.3. The highest BCUT2D eigenvalue weighted by Crippen LogP contribution is 2.28. The molecule has 0 N–H and O–H groups in total. The Morgan fingerprint density at radius 2 is 1.78 bits per heavy atom. The van der Waals surface area contributed by atoms with Gasteiger partial charge in [-0.2, -0.15) is 11.8 Å². The SMILES string of the molecule is Cc1ccc2cccc(N3CCN(C4CCSCC4)CC3)c2n1. The van der Waals surface area contributed by atoms with Crippen LogP contribution in [-0.4, -0.2) is 53.6 Å². The van der Waals surface area contributed by atoms with Crippen molar-refractivity contribution >= 4 is 28.4 Å². The standard InChI is InChI=1S/C19H25N3S/c1-15-5-6-16-3-2-4-18(19(16)20-15)22-11-9-21(10-12-22)17-7-13-23-14-8-17/h2-6,17H,7-14H2,1H3. The van der Waals surface area contributed by atoms with Crippen LogP contribution in [0.1, 0.15) is 18.5 Å². The Morgan fingerprint density at radius 1 is 1.00 bits per heavy atom. The van der Waals surface area contributed by atoms with Crippen molar-refractivity contribution in [3.05, 3.63) is 36.0 Å². The predicted molar refractivity (Wildman–Crippen MR) is 101 cm³/mol. The number of aryl methyl sites for hydroxylation is 1. The molecule has 2 aromatic rings. The van der Waals surface area contributed by atoms with Gasteiger partial charge in [0.15, 0.2) is 0 Å². The third-order valence-electron chi connectivity index (χ3n) is 5.20. The molecule has 2 aliphatic heterocycles. The van der Waals surface area contributed by atoms with Gasteiger partial charge >= 0.3 is 0 Å². The number of pyridine rings is 1. The van der Waals surface area contributed by atoms with Crippen molar-refractivity contribution < 1.29 is 0 Å². The van der Waals surface area contributed by atoms with Crippen molar-refractivity contribution in [1.29, 1.82) is 0 Å². The number of para-hydroxylation sites is 1. The van der Waals surface area contributed by atoms with Gasteiger partial charge in [0.25, 0.3) is 0 Å². The molecule has 0 atom stereocenters. The monoisotopic (exact) mass is 327 g/mol. The molecule has 122 valence electrons. The number of hydrogen-bond donors (Lipinski definition) is 0. The maximum absolute atomic E-state index is 4.80. The van der Waals surface area contributed by atoms with Crippen molar-refractivity contribution in [2.75, 3.05) is 42.6 Å². The lowest BCUT2D eigenvalue weighted by Gasteiger charge is -2.41. The maximum atomic E-state index is 4.80. The van der Waals surface area contributed by atoms with Gasteiger partial charge in [0.05, 0.1) is 11.2 Å². The predicted octanol–water partition coefficient (Wildman–Crippen LogP) is 3.56. The maximum Gasteiger partial charge on any atom is 0.0938 e. The number of hydrogen-bond acceptors (Lipinski definition) is 4. The van der Waals surface area contributed by atoms with Crippen LogP contribution in [0.3, 0.4) is 0 Å². The molecule has 1 aromatic carbocycles. The molecule has 0 amide bonds. The summed E-state index contributed by atoms with van der Waals surface area (Å²) in [6.45, 7) is 6.71. The van der Waals surface area contributed by atoms with E-state index in [0.717, 1.165) is 30.3 Å². The van der Waals surface area contributed by atoms with Crippen molar-refractivity contribution in [3.8, 4) is 0 Å². The van der Waals surface area contributed by atoms with E-state index in [1.807, 2.05) is 0 Å². The summed E-state index contributed by atoms with van der Waals surface area (Å²) in [6, 6.07) is 11.7. The molecule has 1 aromatic heterocycles. The molecule has 4 heteroatoms. The fraction of sp³-hybridized carbons (Fsp3) is 0.526. The van der Waals surface area contributed by atoms with Crippen LogP contribution in [0.5, 0.6) is 0 Å². The number of benzene rings is 1. The van der Waals surface area contributed by atoms with Crippen molar-refractivity contribution in [3.63, 3.8) is 0 Å². The van der Waals surface area contributed by atoms with Crippen molar-refractivity contribution in [2.45, 2.75) is 25.8 Å². The van der Waals surface area contributed by atoms with Crippen LogP contribution < -0.4 is 4.90 Å². The molecule has 2 aliphatic rings. The normalized spacial score (nSPS) is 21.0. The first-order valence-electron chi connectivity index (χ1n) is 8.74. The average Bonchev–Trinajstić information content (AvgIpc) is 2.62. The molecule has 0 aliphatic carbocycles. The summed E-state index contributed by atoms with van der Waals surface area (Å²) >= 11 is 2.12. The Balaban J connectivity index is 1.51. The fourth-order valence-electron chi connectivity index (χ4n) is 3.86. The molecule has 0 spiro atoms. The first kappa shape index (κ1) is 15.3. The highest BCUT2D eigenvalue weighted by molar-refractivity contribution is 7.99. The van der Waals surface area contributed by atoms with Crippen LogP contribution in [-0.2, 0) is 0 Å². The number of thioether (sulfide) groups is 1. The second-order valence-electron chi connectivity index (χ2n) is 6.67. The lowest BCUT2D eigenvalue weighted by atomic mass is 10.1. The van der Waals surface area contributed by atoms with E-state index < -0.39 is 0 Å². The molecule has 0 radical (unpaired) electrons. The van der Waals surface area contributed by atoms with Gasteiger partial charge in [0.1, 0.15) is 0 Å². The van der Waals surface area contributed by atoms with Crippen LogP contribution in [0.2, 0.25) is 0 Å². The highest BCUT2D eigenvalue weighted by atomic mass is 32.2. The van der Waals surface area contributed by atoms with E-state index >= 15 is 0 Å². The summed E-state index contributed by atoms with van der Waals surface area (Å²) in [5.74, 6) is 2.69. The highest BCUT2D eigenvalue weighted by Gasteiger charge is 2.26. The van der Waals surface area contributed by atoms with E-state index in [1.54, 1.807) is 0 Å². The smallest absolute Gasteiger partial charge is 0.0938 e. The third-order valence-corrected chi connectivity index (χ3v) is 6.25. The number of nitrogens with zero attached hydrogens (tertiary/aromatic N) is 3. The van der Waals surface area contributed by atoms with Gasteiger partial charge in [-0.3, -0.25) is 9.88 Å². The average molecular weight is 327 g/mol. The van der Waals surface area contributed by atoms with E-state index in [2.05, 4.69) is 58.8 Å². The Morgan fingerprint density at radius 3 is 2.57 bits per heavy atom. The molecule has 2 saturated heterocycles. The first-order valence-corrected chi connectivity index (χ1v) is 9.90. The lowest BCUT2D eigenvalue weighted by Crippen LogP contribution is -2.51. The van der Waals surface area contributed by atoms with Crippen molar-refractivity contribution in [1.82, 2.24) is 9.88 Å². The number of rotatable bonds is 2. The third kappa shape index (κ3) is 3.20. The van der Waals surface area contributed by atoms with Gasteiger partial charge in [-0.15, -0.1) is 0 Å². The second kappa shape index (κ2) is 6.70. The topological polar surface area (TPSA) is 19.4 Å². The zero-order chi connectivity index (χ0) is 15.6. The van der Waals surface area contributed by atoms with E-state index in [1.165, 1.54) is 48.5 Å². The Labute approximate surface area is 143 Å². The van der Waals surface area contributed by atoms with E-state index in [-0.39, 0.29) is 0 Å². The largest absolute Gasteiger partial charge is 0.367 e. The number of piperazine rings is 1. The molecule has 2 fully saturated rings. The summed E-state index contributed by atoms with van der Waals surface area (Å²) in [4.78, 5) is 10.1. The van der Waals surface area contributed by atoms with E-state index in [4.69, 9.17) is 4.98 Å². The minimum absolute atomic E-state index is 0.825. The molecule has 23 heavy (non-hydrogen) atoms. The summed E-state index contributed by atoms with van der Waals surface area (Å²) < 4.78 is 0. The molecule has 3 heterocycles. The van der Waals surface area contributed by atoms with Crippen LogP contribution in [0, 0.1) is 6.92 Å². The molecule has 0 unspecified atom stereocenters. The number of fused-ring (bicyclic) bond motifs is 1. The number of aromatic nitrogens is 1. The summed E-state index contributed by atoms with van der Waals surface area (Å²) in [5.41, 5.74) is 3.57. The van der Waals surface area contributed by atoms with E-state index in [0.29, 0.717) is 0 Å². The van der Waals surface area contributed by atoms with Gasteiger partial charge in [-0.05, 0) is 43.4 Å². The summed E-state index contributed by atoms with van der Waals surface area (Å²) in [5, 5.41) is 1.25. The molecular formula is C19H25N3S. The van der Waals surface area contributed by atoms with Crippen LogP contribution in [0.15, 0.2) is 30.3 Å². The fourth-order valence-corrected chi connectivity index (χ4v) is 4.94. The zero-order valence-electron chi connectivity index (χ0n) is 13.9. The summed E-state index contributed by atoms with van der Waals surface area (Å²) in [7, 11) is 0. The zero-order valence-corrected chi connectivity index (χ0v) is 14.7. The van der Waals surface area contributed by atoms with Gasteiger partial charge in [0.2, 0.25) is 0 Å². The quantitative estimate of drug-likeness (QED) is 0.839. The second-order valence-corrected chi connectivity index (χ2v) is 7.89. The minimum Gasteiger partial charge on any atom is -0.367 e. The molecule has 3 nitrogen and oxygen atoms in total. The van der Waals surface area contributed by atoms with Gasteiger partial charge in [-0.25, -0.2) is 0 Å². The molecule has 4 rings (SSSR count). The molecule has 0 saturated carbocycles. The summed E-state index contributed by atoms with van der Waals surface area (Å²) in [6.07, 6.45) is 2.75. The van der Waals surface area contributed by atoms with Gasteiger partial charge in [0, 0.05) is 43.3 Å². The Bertz CT molecular complexity index is 673. The number of anilines is 1. The van der Waals surface area contributed by atoms with Crippen molar-refractivity contribution in [2.24, 2.45) is 0 Å². The van der Waals surface area contributed by atoms with E-state index in [9.17, 15) is 0 Å². The van der Waals surface area contributed by atoms with Gasteiger partial charge in [-0.1, -0.05) is 18.2 Å². The molecule has 0 bridgehead atoms. The minimum atomic E-state index is 0.825. The molecular weight excluding hydrogens is 302 g/mol. The lowest BCUT2D eigenvalue weighted by molar-refractivity contribution is 0.175. The Hall–Kier alpha value is -1.26. The van der Waals surface area contributed by atoms with Gasteiger partial charge < -0.3 is 4.90 Å².